The second-order valence-electron chi connectivity index (χ2n) is 10.4. The minimum absolute atomic E-state index is 0.0651. The molecule has 3 heterocycles. The average molecular weight is 496 g/mol. The molecule has 1 N–H and O–H groups in total. The van der Waals surface area contributed by atoms with Crippen molar-refractivity contribution in [3.63, 3.8) is 0 Å². The molecule has 8 nitrogen and oxygen atoms in total. The molecule has 1 aliphatic heterocycles. The lowest BCUT2D eigenvalue weighted by molar-refractivity contribution is -0.384. The van der Waals surface area contributed by atoms with Gasteiger partial charge < -0.3 is 5.11 Å². The first-order valence-corrected chi connectivity index (χ1v) is 13.7. The van der Waals surface area contributed by atoms with Crippen LogP contribution in [0.25, 0.3) is 10.9 Å². The van der Waals surface area contributed by atoms with Crippen molar-refractivity contribution < 1.29 is 19.7 Å². The first kappa shape index (κ1) is 25.1. The Kier molecular flexibility index (Phi) is 6.35. The van der Waals surface area contributed by atoms with E-state index in [1.54, 1.807) is 10.6 Å². The Morgan fingerprint density at radius 1 is 1.11 bits per heavy atom. The average Bonchev–Trinajstić information content (AvgIpc) is 3.42. The third-order valence-corrected chi connectivity index (χ3v) is 9.31. The van der Waals surface area contributed by atoms with Crippen molar-refractivity contribution in [1.82, 2.24) is 4.57 Å². The largest absolute Gasteiger partial charge is 0.477 e. The Morgan fingerprint density at radius 2 is 1.74 bits per heavy atom. The molecule has 0 radical (unpaired) electrons. The summed E-state index contributed by atoms with van der Waals surface area (Å²) in [6.07, 6.45) is 0.819. The van der Waals surface area contributed by atoms with Gasteiger partial charge in [0.1, 0.15) is 5.69 Å². The van der Waals surface area contributed by atoms with Gasteiger partial charge in [-0.25, -0.2) is 14.4 Å². The van der Waals surface area contributed by atoms with E-state index >= 15 is 0 Å². The number of non-ortho nitro benzene ring substituents is 1. The number of fused-ring (bicyclic) bond motifs is 1. The lowest BCUT2D eigenvalue weighted by atomic mass is 9.61. The number of carbonyl (C=O) groups is 1. The number of aromatic nitrogens is 1. The van der Waals surface area contributed by atoms with Crippen LogP contribution in [0.3, 0.4) is 0 Å². The zero-order valence-electron chi connectivity index (χ0n) is 21.1. The molecule has 1 aromatic carbocycles. The predicted octanol–water partition coefficient (Wildman–Crippen LogP) is 5.81. The van der Waals surface area contributed by atoms with E-state index in [9.17, 15) is 20.0 Å². The maximum absolute atomic E-state index is 12.6. The summed E-state index contributed by atoms with van der Waals surface area (Å²) in [5.41, 5.74) is 4.42. The van der Waals surface area contributed by atoms with Gasteiger partial charge in [-0.2, -0.15) is 0 Å². The number of hydrogen-bond donors (Lipinski definition) is 1. The van der Waals surface area contributed by atoms with Crippen LogP contribution in [0.5, 0.6) is 0 Å². The van der Waals surface area contributed by atoms with Gasteiger partial charge in [0.25, 0.3) is 11.5 Å². The van der Waals surface area contributed by atoms with Crippen LogP contribution in [0.2, 0.25) is 0 Å². The van der Waals surface area contributed by atoms with E-state index in [4.69, 9.17) is 4.84 Å². The Bertz CT molecular complexity index is 1260. The Hall–Kier alpha value is -3.04. The van der Waals surface area contributed by atoms with Crippen molar-refractivity contribution in [2.24, 2.45) is 23.2 Å². The molecule has 0 aliphatic carbocycles. The van der Waals surface area contributed by atoms with Crippen molar-refractivity contribution in [3.05, 3.63) is 69.6 Å². The molecule has 186 valence electrons. The molecule has 1 unspecified atom stereocenters. The number of nitro groups is 1. The molecule has 9 heteroatoms. The van der Waals surface area contributed by atoms with Crippen molar-refractivity contribution in [2.45, 2.75) is 53.8 Å². The molecule has 1 saturated heterocycles. The fourth-order valence-corrected chi connectivity index (χ4v) is 7.90. The number of carboxylic acid groups (broad SMARTS) is 1. The summed E-state index contributed by atoms with van der Waals surface area (Å²) in [6.45, 7) is 13.1. The molecule has 4 rings (SSSR count). The highest BCUT2D eigenvalue weighted by Crippen LogP contribution is 2.63. The SMILES string of the molecule is CC(C)CC(C(C)C)(C(C)C)C1(n2c(C(=O)O)cc3cc([N+](=O)[O-])ccc32)ON1[si]1ccccc1. The fraction of sp³-hybridized carbons (Fsp3) is 0.462. The topological polar surface area (TPSA) is 101 Å². The van der Waals surface area contributed by atoms with E-state index in [2.05, 4.69) is 52.9 Å². The summed E-state index contributed by atoms with van der Waals surface area (Å²) in [7, 11) is -1.40. The van der Waals surface area contributed by atoms with E-state index in [1.165, 1.54) is 18.2 Å². The molecule has 0 bridgehead atoms. The van der Waals surface area contributed by atoms with E-state index in [0.29, 0.717) is 16.8 Å². The zero-order valence-corrected chi connectivity index (χ0v) is 22.1. The molecular weight excluding hydrogens is 462 g/mol. The summed E-state index contributed by atoms with van der Waals surface area (Å²) < 4.78 is 3.81. The number of aromatic carboxylic acids is 1. The van der Waals surface area contributed by atoms with Crippen molar-refractivity contribution in [2.75, 3.05) is 4.73 Å². The van der Waals surface area contributed by atoms with Crippen molar-refractivity contribution in [3.8, 4) is 0 Å². The lowest BCUT2D eigenvalue weighted by Crippen LogP contribution is -2.53. The van der Waals surface area contributed by atoms with Crippen LogP contribution in [0.4, 0.5) is 5.69 Å². The monoisotopic (exact) mass is 495 g/mol. The van der Waals surface area contributed by atoms with Gasteiger partial charge in [-0.05, 0) is 36.3 Å². The van der Waals surface area contributed by atoms with Gasteiger partial charge in [-0.15, -0.1) is 0 Å². The minimum Gasteiger partial charge on any atom is -0.477 e. The highest BCUT2D eigenvalue weighted by atomic mass is 28.2. The highest BCUT2D eigenvalue weighted by Gasteiger charge is 2.72. The molecule has 0 amide bonds. The molecule has 0 spiro atoms. The molecule has 1 fully saturated rings. The number of nitro benzene ring substituents is 1. The highest BCUT2D eigenvalue weighted by molar-refractivity contribution is 6.53. The summed E-state index contributed by atoms with van der Waals surface area (Å²) in [4.78, 5) is 30.3. The van der Waals surface area contributed by atoms with Gasteiger partial charge >= 0.3 is 5.97 Å². The third-order valence-electron chi connectivity index (χ3n) is 7.38. The van der Waals surface area contributed by atoms with E-state index in [1.807, 2.05) is 22.9 Å². The van der Waals surface area contributed by atoms with Crippen LogP contribution in [0, 0.1) is 33.3 Å². The number of nitrogens with zero attached hydrogens (tertiary/aromatic N) is 3. The fourth-order valence-electron chi connectivity index (χ4n) is 6.01. The Labute approximate surface area is 206 Å². The summed E-state index contributed by atoms with van der Waals surface area (Å²) in [5, 5.41) is 22.2. The quantitative estimate of drug-likeness (QED) is 0.174. The van der Waals surface area contributed by atoms with Crippen LogP contribution in [0.1, 0.15) is 58.5 Å². The molecule has 1 atom stereocenters. The van der Waals surface area contributed by atoms with E-state index in [0.717, 1.165) is 6.42 Å². The standard InChI is InChI=1S/C26H33N3O5Si/c1-17(2)16-25(18(3)4,19(5)6)26(29(34-26)35-12-8-7-9-13-35)27-22-11-10-21(28(32)33)14-20(22)15-23(27)24(30)31/h7-15,17-19H,16H2,1-6H3,(H,30,31). The molecular formula is C26H33N3O5Si. The normalized spacial score (nSPS) is 18.1. The smallest absolute Gasteiger partial charge is 0.352 e. The molecule has 2 aromatic heterocycles. The Balaban J connectivity index is 2.11. The van der Waals surface area contributed by atoms with Crippen molar-refractivity contribution in [1.29, 1.82) is 0 Å². The number of hydroxylamine groups is 1. The van der Waals surface area contributed by atoms with Gasteiger partial charge in [-0.1, -0.05) is 71.1 Å². The second-order valence-corrected chi connectivity index (χ2v) is 12.4. The number of benzene rings is 1. The van der Waals surface area contributed by atoms with Gasteiger partial charge in [0.15, 0.2) is 8.56 Å². The van der Waals surface area contributed by atoms with Crippen molar-refractivity contribution >= 4 is 31.1 Å². The number of hydrogen-bond acceptors (Lipinski definition) is 5. The van der Waals surface area contributed by atoms with Gasteiger partial charge in [-0.3, -0.25) is 14.7 Å². The van der Waals surface area contributed by atoms with Crippen LogP contribution < -0.4 is 4.73 Å². The van der Waals surface area contributed by atoms with Crippen LogP contribution >= 0.6 is 0 Å². The molecule has 1 aliphatic rings. The summed E-state index contributed by atoms with van der Waals surface area (Å²) in [6, 6.07) is 12.0. The lowest BCUT2D eigenvalue weighted by Gasteiger charge is -2.47. The van der Waals surface area contributed by atoms with Crippen LogP contribution in [-0.4, -0.2) is 29.1 Å². The first-order chi connectivity index (χ1) is 16.5. The number of carboxylic acids is 1. The first-order valence-electron chi connectivity index (χ1n) is 12.1. The van der Waals surface area contributed by atoms with Gasteiger partial charge in [0.2, 0.25) is 0 Å². The second kappa shape index (κ2) is 8.87. The summed E-state index contributed by atoms with van der Waals surface area (Å²) in [5.74, 6) is -1.51. The third kappa shape index (κ3) is 3.77. The number of rotatable bonds is 9. The minimum atomic E-state index is -1.40. The predicted molar refractivity (Wildman–Crippen MR) is 137 cm³/mol. The van der Waals surface area contributed by atoms with Gasteiger partial charge in [0, 0.05) is 22.9 Å². The molecule has 0 saturated carbocycles. The Morgan fingerprint density at radius 3 is 2.26 bits per heavy atom. The molecule has 3 aromatic rings. The van der Waals surface area contributed by atoms with Crippen LogP contribution in [-0.2, 0) is 10.7 Å². The maximum atomic E-state index is 12.6. The van der Waals surface area contributed by atoms with E-state index < -0.39 is 30.7 Å². The summed E-state index contributed by atoms with van der Waals surface area (Å²) >= 11 is 0. The van der Waals surface area contributed by atoms with E-state index in [-0.39, 0.29) is 23.2 Å². The maximum Gasteiger partial charge on any atom is 0.352 e. The molecule has 35 heavy (non-hydrogen) atoms. The van der Waals surface area contributed by atoms with Crippen LogP contribution in [0.15, 0.2) is 53.8 Å². The van der Waals surface area contributed by atoms with Gasteiger partial charge in [0.05, 0.1) is 10.4 Å². The zero-order chi connectivity index (χ0) is 25.7.